The van der Waals surface area contributed by atoms with E-state index in [9.17, 15) is 4.79 Å². The summed E-state index contributed by atoms with van der Waals surface area (Å²) in [6.07, 6.45) is 0.437. The fourth-order valence-electron chi connectivity index (χ4n) is 4.12. The Kier molecular flexibility index (Phi) is 7.70. The van der Waals surface area contributed by atoms with Crippen molar-refractivity contribution in [2.45, 2.75) is 26.4 Å². The molecule has 1 unspecified atom stereocenters. The number of anilines is 1. The third-order valence-corrected chi connectivity index (χ3v) is 6.24. The van der Waals surface area contributed by atoms with Crippen LogP contribution in [0, 0.1) is 0 Å². The molecule has 8 nitrogen and oxygen atoms in total. The molecule has 0 bridgehead atoms. The van der Waals surface area contributed by atoms with Gasteiger partial charge in [0.15, 0.2) is 11.9 Å². The Labute approximate surface area is 206 Å². The number of methoxy groups -OCH3 is 2. The van der Waals surface area contributed by atoms with E-state index in [0.29, 0.717) is 43.4 Å². The zero-order chi connectivity index (χ0) is 24.8. The number of rotatable bonds is 8. The number of hydrogen-bond donors (Lipinski definition) is 0. The molecule has 4 rings (SSSR count). The summed E-state index contributed by atoms with van der Waals surface area (Å²) in [4.78, 5) is 16.9. The standard InChI is InChI=1S/C27H32N4O4/c1-5-20-6-8-21(9-7-20)35-19(2)27(32)31-16-14-30(15-17-31)26-13-11-24(28-29-26)23-18-22(33-3)10-12-25(23)34-4/h6-13,18-19H,5,14-17H2,1-4H3. The summed E-state index contributed by atoms with van der Waals surface area (Å²) in [5.41, 5.74) is 2.77. The number of hydrogen-bond acceptors (Lipinski definition) is 7. The summed E-state index contributed by atoms with van der Waals surface area (Å²) in [6, 6.07) is 17.4. The third kappa shape index (κ3) is 5.65. The smallest absolute Gasteiger partial charge is 0.263 e. The van der Waals surface area contributed by atoms with Crippen molar-refractivity contribution in [1.29, 1.82) is 0 Å². The Morgan fingerprint density at radius 3 is 2.23 bits per heavy atom. The molecule has 1 aromatic heterocycles. The van der Waals surface area contributed by atoms with Crippen LogP contribution >= 0.6 is 0 Å². The molecule has 35 heavy (non-hydrogen) atoms. The molecule has 1 saturated heterocycles. The molecule has 3 aromatic rings. The van der Waals surface area contributed by atoms with E-state index in [0.717, 1.165) is 23.6 Å². The van der Waals surface area contributed by atoms with E-state index in [1.807, 2.05) is 59.5 Å². The van der Waals surface area contributed by atoms with Crippen LogP contribution in [-0.2, 0) is 11.2 Å². The minimum Gasteiger partial charge on any atom is -0.497 e. The van der Waals surface area contributed by atoms with Crippen LogP contribution in [0.3, 0.4) is 0 Å². The largest absolute Gasteiger partial charge is 0.497 e. The van der Waals surface area contributed by atoms with E-state index >= 15 is 0 Å². The highest BCUT2D eigenvalue weighted by Gasteiger charge is 2.27. The number of nitrogens with zero attached hydrogens (tertiary/aromatic N) is 4. The highest BCUT2D eigenvalue weighted by atomic mass is 16.5. The van der Waals surface area contributed by atoms with Crippen molar-refractivity contribution < 1.29 is 19.0 Å². The molecule has 2 heterocycles. The summed E-state index contributed by atoms with van der Waals surface area (Å²) >= 11 is 0. The van der Waals surface area contributed by atoms with Gasteiger partial charge in [0.1, 0.15) is 17.2 Å². The summed E-state index contributed by atoms with van der Waals surface area (Å²) in [7, 11) is 3.25. The van der Waals surface area contributed by atoms with Gasteiger partial charge in [-0.3, -0.25) is 4.79 Å². The van der Waals surface area contributed by atoms with Crippen molar-refractivity contribution in [1.82, 2.24) is 15.1 Å². The van der Waals surface area contributed by atoms with Gasteiger partial charge in [-0.1, -0.05) is 19.1 Å². The maximum atomic E-state index is 12.9. The predicted octanol–water partition coefficient (Wildman–Crippen LogP) is 3.84. The number of carbonyl (C=O) groups excluding carboxylic acids is 1. The molecule has 1 aliphatic rings. The van der Waals surface area contributed by atoms with Gasteiger partial charge in [0, 0.05) is 31.7 Å². The van der Waals surface area contributed by atoms with Gasteiger partial charge in [0.25, 0.3) is 5.91 Å². The zero-order valence-electron chi connectivity index (χ0n) is 20.7. The summed E-state index contributed by atoms with van der Waals surface area (Å²) in [6.45, 7) is 6.49. The average Bonchev–Trinajstić information content (AvgIpc) is 2.92. The maximum absolute atomic E-state index is 12.9. The fourth-order valence-corrected chi connectivity index (χ4v) is 4.12. The van der Waals surface area contributed by atoms with E-state index in [1.165, 1.54) is 5.56 Å². The van der Waals surface area contributed by atoms with Crippen LogP contribution in [0.2, 0.25) is 0 Å². The Bertz CT molecular complexity index is 1130. The molecule has 1 amide bonds. The second-order valence-electron chi connectivity index (χ2n) is 8.41. The average molecular weight is 477 g/mol. The quantitative estimate of drug-likeness (QED) is 0.489. The van der Waals surface area contributed by atoms with E-state index < -0.39 is 6.10 Å². The summed E-state index contributed by atoms with van der Waals surface area (Å²) in [5.74, 6) is 2.92. The van der Waals surface area contributed by atoms with Gasteiger partial charge in [0.05, 0.1) is 19.9 Å². The molecule has 2 aromatic carbocycles. The number of aromatic nitrogens is 2. The van der Waals surface area contributed by atoms with Gasteiger partial charge >= 0.3 is 0 Å². The molecule has 0 spiro atoms. The first kappa shape index (κ1) is 24.3. The SMILES string of the molecule is CCc1ccc(OC(C)C(=O)N2CCN(c3ccc(-c4cc(OC)ccc4OC)nn3)CC2)cc1. The van der Waals surface area contributed by atoms with E-state index in [2.05, 4.69) is 22.0 Å². The van der Waals surface area contributed by atoms with Crippen LogP contribution in [0.1, 0.15) is 19.4 Å². The van der Waals surface area contributed by atoms with Gasteiger partial charge in [-0.15, -0.1) is 10.2 Å². The highest BCUT2D eigenvalue weighted by Crippen LogP contribution is 2.32. The van der Waals surface area contributed by atoms with E-state index in [4.69, 9.17) is 14.2 Å². The molecule has 1 atom stereocenters. The lowest BCUT2D eigenvalue weighted by molar-refractivity contribution is -0.138. The zero-order valence-corrected chi connectivity index (χ0v) is 20.7. The minimum absolute atomic E-state index is 0.00392. The van der Waals surface area contributed by atoms with Crippen molar-refractivity contribution >= 4 is 11.7 Å². The molecule has 1 fully saturated rings. The van der Waals surface area contributed by atoms with E-state index in [-0.39, 0.29) is 5.91 Å². The maximum Gasteiger partial charge on any atom is 0.263 e. The molecular formula is C27H32N4O4. The van der Waals surface area contributed by atoms with Crippen molar-refractivity contribution in [3.05, 3.63) is 60.2 Å². The van der Waals surface area contributed by atoms with Crippen molar-refractivity contribution in [2.24, 2.45) is 0 Å². The van der Waals surface area contributed by atoms with Crippen LogP contribution < -0.4 is 19.1 Å². The molecule has 0 N–H and O–H groups in total. The number of benzene rings is 2. The Morgan fingerprint density at radius 1 is 0.914 bits per heavy atom. The lowest BCUT2D eigenvalue weighted by Crippen LogP contribution is -2.52. The van der Waals surface area contributed by atoms with Crippen LogP contribution in [0.4, 0.5) is 5.82 Å². The second kappa shape index (κ2) is 11.1. The topological polar surface area (TPSA) is 77.0 Å². The first-order valence-corrected chi connectivity index (χ1v) is 11.9. The molecule has 0 saturated carbocycles. The predicted molar refractivity (Wildman–Crippen MR) is 135 cm³/mol. The number of amides is 1. The Hall–Kier alpha value is -3.81. The van der Waals surface area contributed by atoms with Crippen LogP contribution in [-0.4, -0.2) is 67.5 Å². The number of ether oxygens (including phenoxy) is 3. The molecule has 0 aliphatic carbocycles. The lowest BCUT2D eigenvalue weighted by atomic mass is 10.1. The molecule has 184 valence electrons. The van der Waals surface area contributed by atoms with Crippen molar-refractivity contribution in [2.75, 3.05) is 45.3 Å². The first-order chi connectivity index (χ1) is 17.0. The van der Waals surface area contributed by atoms with Gasteiger partial charge in [-0.05, 0) is 61.4 Å². The first-order valence-electron chi connectivity index (χ1n) is 11.9. The molecule has 8 heteroatoms. The normalized spacial score (nSPS) is 14.4. The van der Waals surface area contributed by atoms with Crippen LogP contribution in [0.15, 0.2) is 54.6 Å². The molecule has 0 radical (unpaired) electrons. The molecule has 1 aliphatic heterocycles. The molecular weight excluding hydrogens is 444 g/mol. The van der Waals surface area contributed by atoms with Crippen molar-refractivity contribution in [3.63, 3.8) is 0 Å². The summed E-state index contributed by atoms with van der Waals surface area (Å²) < 4.78 is 16.7. The minimum atomic E-state index is -0.536. The van der Waals surface area contributed by atoms with Gasteiger partial charge in [0.2, 0.25) is 0 Å². The van der Waals surface area contributed by atoms with Crippen molar-refractivity contribution in [3.8, 4) is 28.5 Å². The highest BCUT2D eigenvalue weighted by molar-refractivity contribution is 5.81. The van der Waals surface area contributed by atoms with Gasteiger partial charge in [-0.2, -0.15) is 0 Å². The second-order valence-corrected chi connectivity index (χ2v) is 8.41. The van der Waals surface area contributed by atoms with Crippen LogP contribution in [0.25, 0.3) is 11.3 Å². The lowest BCUT2D eigenvalue weighted by Gasteiger charge is -2.36. The number of carbonyl (C=O) groups is 1. The number of aryl methyl sites for hydroxylation is 1. The van der Waals surface area contributed by atoms with Crippen LogP contribution in [0.5, 0.6) is 17.2 Å². The fraction of sp³-hybridized carbons (Fsp3) is 0.370. The van der Waals surface area contributed by atoms with Gasteiger partial charge in [-0.25, -0.2) is 0 Å². The van der Waals surface area contributed by atoms with E-state index in [1.54, 1.807) is 21.1 Å². The Morgan fingerprint density at radius 2 is 1.63 bits per heavy atom. The van der Waals surface area contributed by atoms with Gasteiger partial charge < -0.3 is 24.0 Å². The number of piperazine rings is 1. The third-order valence-electron chi connectivity index (χ3n) is 6.24. The monoisotopic (exact) mass is 476 g/mol. The summed E-state index contributed by atoms with van der Waals surface area (Å²) in [5, 5.41) is 8.86. The Balaban J connectivity index is 1.35.